The molecule has 4 nitrogen and oxygen atoms in total. The summed E-state index contributed by atoms with van der Waals surface area (Å²) in [5, 5.41) is 3.38. The van der Waals surface area contributed by atoms with Crippen molar-refractivity contribution in [2.24, 2.45) is 0 Å². The van der Waals surface area contributed by atoms with Gasteiger partial charge in [0.05, 0.1) is 13.2 Å². The van der Waals surface area contributed by atoms with Crippen LogP contribution in [0.25, 0.3) is 0 Å². The third kappa shape index (κ3) is 38.0. The minimum atomic E-state index is 0.0647. The van der Waals surface area contributed by atoms with Gasteiger partial charge in [0, 0.05) is 19.8 Å². The van der Waals surface area contributed by atoms with Crippen LogP contribution in [0.1, 0.15) is 207 Å². The van der Waals surface area contributed by atoms with Crippen LogP contribution in [-0.2, 0) is 14.2 Å². The van der Waals surface area contributed by atoms with Gasteiger partial charge < -0.3 is 19.5 Å². The van der Waals surface area contributed by atoms with Gasteiger partial charge in [-0.15, -0.1) is 0 Å². The van der Waals surface area contributed by atoms with E-state index in [-0.39, 0.29) is 6.10 Å². The average molecular weight is 626 g/mol. The fraction of sp³-hybridized carbons (Fsp3) is 1.00. The van der Waals surface area contributed by atoms with Crippen LogP contribution in [0.3, 0.4) is 0 Å². The number of ether oxygens (including phenoxy) is 3. The Labute approximate surface area is 278 Å². The number of unbranched alkanes of at least 4 members (excludes halogenated alkanes) is 26. The molecular weight excluding hydrogens is 542 g/mol. The van der Waals surface area contributed by atoms with Crippen LogP contribution >= 0.6 is 0 Å². The number of rotatable bonds is 40. The summed E-state index contributed by atoms with van der Waals surface area (Å²) in [6.07, 6.45) is 40.1. The van der Waals surface area contributed by atoms with Gasteiger partial charge in [-0.1, -0.05) is 188 Å². The molecule has 0 radical (unpaired) electrons. The Kier molecular flexibility index (Phi) is 40.7. The van der Waals surface area contributed by atoms with Crippen molar-refractivity contribution in [1.82, 2.24) is 5.32 Å². The minimum Gasteiger partial charge on any atom is -0.379 e. The van der Waals surface area contributed by atoms with Crippen molar-refractivity contribution in [3.8, 4) is 0 Å². The van der Waals surface area contributed by atoms with E-state index in [1.807, 2.05) is 0 Å². The van der Waals surface area contributed by atoms with Crippen LogP contribution in [0, 0.1) is 0 Å². The van der Waals surface area contributed by atoms with Gasteiger partial charge in [-0.25, -0.2) is 0 Å². The van der Waals surface area contributed by atoms with Crippen molar-refractivity contribution in [2.75, 3.05) is 46.1 Å². The molecule has 0 aromatic heterocycles. The minimum absolute atomic E-state index is 0.0647. The van der Waals surface area contributed by atoms with E-state index in [1.165, 1.54) is 180 Å². The smallest absolute Gasteiger partial charge is 0.104 e. The lowest BCUT2D eigenvalue weighted by Gasteiger charge is -2.18. The number of hydrogen-bond acceptors (Lipinski definition) is 4. The van der Waals surface area contributed by atoms with Crippen molar-refractivity contribution in [3.05, 3.63) is 0 Å². The highest BCUT2D eigenvalue weighted by atomic mass is 16.6. The Morgan fingerprint density at radius 3 is 1.00 bits per heavy atom. The summed E-state index contributed by atoms with van der Waals surface area (Å²) in [6, 6.07) is 0. The lowest BCUT2D eigenvalue weighted by atomic mass is 10.0. The first kappa shape index (κ1) is 43.8. The molecule has 4 heteroatoms. The Balaban J connectivity index is 3.66. The van der Waals surface area contributed by atoms with E-state index < -0.39 is 0 Å². The predicted octanol–water partition coefficient (Wildman–Crippen LogP) is 12.4. The van der Waals surface area contributed by atoms with Gasteiger partial charge in [-0.2, -0.15) is 0 Å². The molecule has 266 valence electrons. The highest BCUT2D eigenvalue weighted by Crippen LogP contribution is 2.14. The maximum atomic E-state index is 6.15. The Hall–Kier alpha value is -0.160. The highest BCUT2D eigenvalue weighted by Gasteiger charge is 2.10. The summed E-state index contributed by atoms with van der Waals surface area (Å²) in [4.78, 5) is 0. The van der Waals surface area contributed by atoms with Crippen molar-refractivity contribution >= 4 is 0 Å². The SMILES string of the molecule is CCCCCCCCCCCCCCCCOCC(COCCCCCCCCCCCCCCCC)OCCCNCC. The molecule has 0 unspecified atom stereocenters. The summed E-state index contributed by atoms with van der Waals surface area (Å²) in [5.74, 6) is 0. The molecule has 0 rings (SSSR count). The maximum Gasteiger partial charge on any atom is 0.104 e. The van der Waals surface area contributed by atoms with Gasteiger partial charge in [0.15, 0.2) is 0 Å². The zero-order valence-electron chi connectivity index (χ0n) is 30.8. The van der Waals surface area contributed by atoms with Crippen molar-refractivity contribution < 1.29 is 14.2 Å². The van der Waals surface area contributed by atoms with Gasteiger partial charge in [0.25, 0.3) is 0 Å². The molecule has 0 aliphatic rings. The fourth-order valence-corrected chi connectivity index (χ4v) is 6.00. The summed E-state index contributed by atoms with van der Waals surface area (Å²) in [5.41, 5.74) is 0. The summed E-state index contributed by atoms with van der Waals surface area (Å²) >= 11 is 0. The second kappa shape index (κ2) is 40.9. The quantitative estimate of drug-likeness (QED) is 0.0688. The van der Waals surface area contributed by atoms with Gasteiger partial charge in [0.1, 0.15) is 6.10 Å². The Morgan fingerprint density at radius 2 is 0.682 bits per heavy atom. The molecular formula is C40H83NO3. The molecule has 0 saturated carbocycles. The molecule has 0 aliphatic carbocycles. The van der Waals surface area contributed by atoms with Gasteiger partial charge in [0.2, 0.25) is 0 Å². The zero-order valence-corrected chi connectivity index (χ0v) is 30.8. The topological polar surface area (TPSA) is 39.7 Å². The first-order chi connectivity index (χ1) is 21.8. The van der Waals surface area contributed by atoms with E-state index in [0.29, 0.717) is 13.2 Å². The molecule has 0 amide bonds. The highest BCUT2D eigenvalue weighted by molar-refractivity contribution is 4.58. The average Bonchev–Trinajstić information content (AvgIpc) is 3.03. The standard InChI is InChI=1S/C40H83NO3/c1-4-7-9-11-13-15-17-19-21-23-25-27-29-31-35-42-38-40(44-37-33-34-41-6-3)39-43-36-32-30-28-26-24-22-20-18-16-14-12-10-8-5-2/h40-41H,4-39H2,1-3H3. The van der Waals surface area contributed by atoms with Crippen LogP contribution in [0.15, 0.2) is 0 Å². The first-order valence-electron chi connectivity index (χ1n) is 20.3. The van der Waals surface area contributed by atoms with E-state index in [1.54, 1.807) is 0 Å². The van der Waals surface area contributed by atoms with E-state index in [9.17, 15) is 0 Å². The van der Waals surface area contributed by atoms with E-state index in [4.69, 9.17) is 14.2 Å². The molecule has 0 saturated heterocycles. The second-order valence-electron chi connectivity index (χ2n) is 13.5. The van der Waals surface area contributed by atoms with Crippen molar-refractivity contribution in [3.63, 3.8) is 0 Å². The lowest BCUT2D eigenvalue weighted by Crippen LogP contribution is -2.27. The molecule has 0 atom stereocenters. The van der Waals surface area contributed by atoms with Crippen molar-refractivity contribution in [2.45, 2.75) is 213 Å². The largest absolute Gasteiger partial charge is 0.379 e. The van der Waals surface area contributed by atoms with E-state index in [2.05, 4.69) is 26.1 Å². The second-order valence-corrected chi connectivity index (χ2v) is 13.5. The third-order valence-corrected chi connectivity index (χ3v) is 8.99. The molecule has 44 heavy (non-hydrogen) atoms. The molecule has 0 aromatic carbocycles. The normalized spacial score (nSPS) is 11.7. The van der Waals surface area contributed by atoms with Crippen LogP contribution < -0.4 is 5.32 Å². The molecule has 0 spiro atoms. The predicted molar refractivity (Wildman–Crippen MR) is 195 cm³/mol. The number of hydrogen-bond donors (Lipinski definition) is 1. The van der Waals surface area contributed by atoms with Gasteiger partial charge in [-0.05, 0) is 32.4 Å². The van der Waals surface area contributed by atoms with Crippen LogP contribution in [0.4, 0.5) is 0 Å². The summed E-state index contributed by atoms with van der Waals surface area (Å²) in [7, 11) is 0. The van der Waals surface area contributed by atoms with Crippen molar-refractivity contribution in [1.29, 1.82) is 0 Å². The lowest BCUT2D eigenvalue weighted by molar-refractivity contribution is -0.0611. The Morgan fingerprint density at radius 1 is 0.364 bits per heavy atom. The van der Waals surface area contributed by atoms with E-state index >= 15 is 0 Å². The van der Waals surface area contributed by atoms with E-state index in [0.717, 1.165) is 39.3 Å². The molecule has 0 fully saturated rings. The van der Waals surface area contributed by atoms with Crippen LogP contribution in [0.2, 0.25) is 0 Å². The van der Waals surface area contributed by atoms with Crippen LogP contribution in [0.5, 0.6) is 0 Å². The van der Waals surface area contributed by atoms with Gasteiger partial charge >= 0.3 is 0 Å². The fourth-order valence-electron chi connectivity index (χ4n) is 6.00. The summed E-state index contributed by atoms with van der Waals surface area (Å²) in [6.45, 7) is 12.6. The molecule has 0 bridgehead atoms. The maximum absolute atomic E-state index is 6.15. The third-order valence-electron chi connectivity index (χ3n) is 8.99. The summed E-state index contributed by atoms with van der Waals surface area (Å²) < 4.78 is 18.2. The van der Waals surface area contributed by atoms with Gasteiger partial charge in [-0.3, -0.25) is 0 Å². The molecule has 1 N–H and O–H groups in total. The zero-order chi connectivity index (χ0) is 31.9. The molecule has 0 aliphatic heterocycles. The Bertz CT molecular complexity index is 453. The van der Waals surface area contributed by atoms with Crippen LogP contribution in [-0.4, -0.2) is 52.2 Å². The molecule has 0 heterocycles. The monoisotopic (exact) mass is 626 g/mol. The molecule has 0 aromatic rings. The first-order valence-corrected chi connectivity index (χ1v) is 20.3. The number of nitrogens with one attached hydrogen (secondary N) is 1.